The Balaban J connectivity index is 1.77. The molecule has 2 rings (SSSR count). The number of rotatable bonds is 8. The fourth-order valence-corrected chi connectivity index (χ4v) is 2.63. The van der Waals surface area contributed by atoms with Crippen molar-refractivity contribution in [3.63, 3.8) is 0 Å². The molecule has 0 aliphatic heterocycles. The Morgan fingerprint density at radius 2 is 2.08 bits per heavy atom. The van der Waals surface area contributed by atoms with Crippen molar-refractivity contribution in [3.8, 4) is 5.75 Å². The maximum Gasteiger partial charge on any atom is 0.240 e. The van der Waals surface area contributed by atoms with Crippen LogP contribution >= 0.6 is 15.9 Å². The van der Waals surface area contributed by atoms with Gasteiger partial charge in [0.2, 0.25) is 5.91 Å². The predicted molar refractivity (Wildman–Crippen MR) is 102 cm³/mol. The molecule has 2 aromatic carbocycles. The van der Waals surface area contributed by atoms with Crippen molar-refractivity contribution in [2.45, 2.75) is 25.9 Å². The predicted octanol–water partition coefficient (Wildman–Crippen LogP) is 3.81. The van der Waals surface area contributed by atoms with E-state index in [1.54, 1.807) is 18.3 Å². The Labute approximate surface area is 155 Å². The summed E-state index contributed by atoms with van der Waals surface area (Å²) in [6, 6.07) is 14.8. The number of hydrogen-bond donors (Lipinski definition) is 2. The van der Waals surface area contributed by atoms with Crippen molar-refractivity contribution in [1.82, 2.24) is 5.43 Å². The molecule has 0 heterocycles. The zero-order valence-electron chi connectivity index (χ0n) is 14.0. The number of aliphatic hydroxyl groups is 1. The highest BCUT2D eigenvalue weighted by Crippen LogP contribution is 2.21. The summed E-state index contributed by atoms with van der Waals surface area (Å²) in [6.07, 6.45) is 1.39. The van der Waals surface area contributed by atoms with Gasteiger partial charge in [0.15, 0.2) is 0 Å². The van der Waals surface area contributed by atoms with Crippen LogP contribution < -0.4 is 10.2 Å². The molecule has 0 fully saturated rings. The number of aliphatic hydroxyl groups excluding tert-OH is 1. The van der Waals surface area contributed by atoms with Gasteiger partial charge in [-0.3, -0.25) is 4.79 Å². The molecule has 0 aliphatic rings. The van der Waals surface area contributed by atoms with E-state index < -0.39 is 6.10 Å². The Morgan fingerprint density at radius 3 is 2.76 bits per heavy atom. The molecule has 6 heteroatoms. The molecule has 132 valence electrons. The molecule has 2 aromatic rings. The van der Waals surface area contributed by atoms with Crippen molar-refractivity contribution < 1.29 is 14.6 Å². The Morgan fingerprint density at radius 1 is 1.32 bits per heavy atom. The maximum absolute atomic E-state index is 11.8. The van der Waals surface area contributed by atoms with Crippen molar-refractivity contribution in [2.75, 3.05) is 6.61 Å². The van der Waals surface area contributed by atoms with Crippen LogP contribution in [0.2, 0.25) is 0 Å². The van der Waals surface area contributed by atoms with E-state index in [0.717, 1.165) is 21.3 Å². The zero-order valence-corrected chi connectivity index (χ0v) is 15.6. The van der Waals surface area contributed by atoms with E-state index in [4.69, 9.17) is 4.74 Å². The van der Waals surface area contributed by atoms with E-state index in [2.05, 4.69) is 26.5 Å². The van der Waals surface area contributed by atoms with Gasteiger partial charge < -0.3 is 9.84 Å². The number of ether oxygens (including phenoxy) is 1. The number of hydrogen-bond acceptors (Lipinski definition) is 4. The lowest BCUT2D eigenvalue weighted by Gasteiger charge is -2.11. The van der Waals surface area contributed by atoms with Gasteiger partial charge in [-0.25, -0.2) is 5.43 Å². The molecule has 0 unspecified atom stereocenters. The van der Waals surface area contributed by atoms with Gasteiger partial charge in [-0.1, -0.05) is 40.2 Å². The minimum absolute atomic E-state index is 0.185. The topological polar surface area (TPSA) is 70.9 Å². The number of benzene rings is 2. The molecular formula is C19H21BrN2O3. The molecule has 25 heavy (non-hydrogen) atoms. The highest BCUT2D eigenvalue weighted by molar-refractivity contribution is 9.10. The van der Waals surface area contributed by atoms with Crippen LogP contribution in [0.3, 0.4) is 0 Å². The molecule has 0 aromatic heterocycles. The lowest BCUT2D eigenvalue weighted by atomic mass is 10.0. The van der Waals surface area contributed by atoms with Crippen LogP contribution in [-0.4, -0.2) is 23.8 Å². The van der Waals surface area contributed by atoms with Crippen LogP contribution in [0.1, 0.15) is 37.0 Å². The fourth-order valence-electron chi connectivity index (χ4n) is 2.21. The maximum atomic E-state index is 11.8. The van der Waals surface area contributed by atoms with Crippen LogP contribution in [0.5, 0.6) is 5.75 Å². The SMILES string of the molecule is CCOc1ccc([C@H](O)CCC(=O)N/N=C/c2cccc(Br)c2)cc1. The zero-order chi connectivity index (χ0) is 18.1. The number of carbonyl (C=O) groups is 1. The highest BCUT2D eigenvalue weighted by atomic mass is 79.9. The Kier molecular flexibility index (Phi) is 7.63. The average Bonchev–Trinajstić information content (AvgIpc) is 2.61. The third-order valence-corrected chi connectivity index (χ3v) is 3.97. The van der Waals surface area contributed by atoms with Crippen molar-refractivity contribution in [1.29, 1.82) is 0 Å². The second-order valence-electron chi connectivity index (χ2n) is 5.40. The normalized spacial score (nSPS) is 12.1. The summed E-state index contributed by atoms with van der Waals surface area (Å²) in [4.78, 5) is 11.8. The number of nitrogens with one attached hydrogen (secondary N) is 1. The molecule has 1 atom stereocenters. The van der Waals surface area contributed by atoms with Gasteiger partial charge in [-0.15, -0.1) is 0 Å². The van der Waals surface area contributed by atoms with Crippen molar-refractivity contribution in [2.24, 2.45) is 5.10 Å². The fraction of sp³-hybridized carbons (Fsp3) is 0.263. The van der Waals surface area contributed by atoms with Gasteiger partial charge in [0.25, 0.3) is 0 Å². The molecule has 0 bridgehead atoms. The molecule has 5 nitrogen and oxygen atoms in total. The third kappa shape index (κ3) is 6.68. The first kappa shape index (κ1) is 19.1. The van der Waals surface area contributed by atoms with Gasteiger partial charge in [0, 0.05) is 10.9 Å². The quantitative estimate of drug-likeness (QED) is 0.518. The number of halogens is 1. The van der Waals surface area contributed by atoms with E-state index in [1.807, 2.05) is 43.3 Å². The molecule has 0 saturated carbocycles. The number of hydrazone groups is 1. The molecular weight excluding hydrogens is 384 g/mol. The van der Waals surface area contributed by atoms with Gasteiger partial charge in [0.1, 0.15) is 5.75 Å². The first-order valence-corrected chi connectivity index (χ1v) is 8.86. The first-order valence-electron chi connectivity index (χ1n) is 8.06. The molecule has 0 saturated heterocycles. The third-order valence-electron chi connectivity index (χ3n) is 3.47. The summed E-state index contributed by atoms with van der Waals surface area (Å²) in [6.45, 7) is 2.52. The number of nitrogens with zero attached hydrogens (tertiary/aromatic N) is 1. The van der Waals surface area contributed by atoms with Crippen LogP contribution in [0.25, 0.3) is 0 Å². The first-order chi connectivity index (χ1) is 12.1. The summed E-state index contributed by atoms with van der Waals surface area (Å²) >= 11 is 3.37. The minimum Gasteiger partial charge on any atom is -0.494 e. The lowest BCUT2D eigenvalue weighted by Crippen LogP contribution is -2.18. The highest BCUT2D eigenvalue weighted by Gasteiger charge is 2.10. The Bertz CT molecular complexity index is 717. The van der Waals surface area contributed by atoms with Gasteiger partial charge in [-0.05, 0) is 48.7 Å². The van der Waals surface area contributed by atoms with Gasteiger partial charge in [-0.2, -0.15) is 5.10 Å². The van der Waals surface area contributed by atoms with E-state index in [9.17, 15) is 9.90 Å². The lowest BCUT2D eigenvalue weighted by molar-refractivity contribution is -0.121. The van der Waals surface area contributed by atoms with Gasteiger partial charge in [0.05, 0.1) is 18.9 Å². The number of amides is 1. The van der Waals surface area contributed by atoms with Crippen LogP contribution in [0.15, 0.2) is 58.1 Å². The van der Waals surface area contributed by atoms with E-state index >= 15 is 0 Å². The largest absolute Gasteiger partial charge is 0.494 e. The van der Waals surface area contributed by atoms with E-state index in [-0.39, 0.29) is 12.3 Å². The minimum atomic E-state index is -0.699. The molecule has 0 spiro atoms. The summed E-state index contributed by atoms with van der Waals surface area (Å²) in [5.41, 5.74) is 4.10. The summed E-state index contributed by atoms with van der Waals surface area (Å²) in [5.74, 6) is 0.523. The summed E-state index contributed by atoms with van der Waals surface area (Å²) in [5, 5.41) is 14.1. The van der Waals surface area contributed by atoms with Gasteiger partial charge >= 0.3 is 0 Å². The second-order valence-corrected chi connectivity index (χ2v) is 6.32. The average molecular weight is 405 g/mol. The molecule has 0 radical (unpaired) electrons. The van der Waals surface area contributed by atoms with Crippen molar-refractivity contribution >= 4 is 28.1 Å². The van der Waals surface area contributed by atoms with E-state index in [0.29, 0.717) is 13.0 Å². The monoisotopic (exact) mass is 404 g/mol. The summed E-state index contributed by atoms with van der Waals surface area (Å²) in [7, 11) is 0. The second kappa shape index (κ2) is 9.96. The van der Waals surface area contributed by atoms with Crippen LogP contribution in [-0.2, 0) is 4.79 Å². The smallest absolute Gasteiger partial charge is 0.240 e. The number of carbonyl (C=O) groups excluding carboxylic acids is 1. The Hall–Kier alpha value is -2.18. The molecule has 1 amide bonds. The standard InChI is InChI=1S/C19H21BrN2O3/c1-2-25-17-8-6-15(7-9-17)18(23)10-11-19(24)22-21-13-14-4-3-5-16(20)12-14/h3-9,12-13,18,23H,2,10-11H2,1H3,(H,22,24)/b21-13+/t18-/m1/s1. The molecule has 2 N–H and O–H groups in total. The van der Waals surface area contributed by atoms with Crippen molar-refractivity contribution in [3.05, 3.63) is 64.1 Å². The van der Waals surface area contributed by atoms with E-state index in [1.165, 1.54) is 0 Å². The van der Waals surface area contributed by atoms with Crippen LogP contribution in [0, 0.1) is 0 Å². The molecule has 0 aliphatic carbocycles. The summed E-state index contributed by atoms with van der Waals surface area (Å²) < 4.78 is 6.31. The van der Waals surface area contributed by atoms with Crippen LogP contribution in [0.4, 0.5) is 0 Å².